The van der Waals surface area contributed by atoms with Gasteiger partial charge in [0.2, 0.25) is 0 Å². The van der Waals surface area contributed by atoms with Crippen LogP contribution in [0.4, 0.5) is 11.4 Å². The molecule has 33 heavy (non-hydrogen) atoms. The fraction of sp³-hybridized carbons (Fsp3) is 0.346. The molecule has 0 aromatic heterocycles. The third kappa shape index (κ3) is 4.30. The monoisotopic (exact) mass is 481 g/mol. The highest BCUT2D eigenvalue weighted by Crippen LogP contribution is 2.44. The summed E-state index contributed by atoms with van der Waals surface area (Å²) in [5.41, 5.74) is 3.83. The van der Waals surface area contributed by atoms with Crippen LogP contribution in [0.15, 0.2) is 48.0 Å². The van der Waals surface area contributed by atoms with Gasteiger partial charge in [-0.05, 0) is 99.8 Å². The van der Waals surface area contributed by atoms with Crippen LogP contribution in [0.3, 0.4) is 0 Å². The van der Waals surface area contributed by atoms with Crippen molar-refractivity contribution in [2.24, 2.45) is 0 Å². The van der Waals surface area contributed by atoms with E-state index in [9.17, 15) is 9.59 Å². The quantitative estimate of drug-likeness (QED) is 0.348. The van der Waals surface area contributed by atoms with Crippen LogP contribution in [0, 0.1) is 0 Å². The lowest BCUT2D eigenvalue weighted by molar-refractivity contribution is -0.122. The Balaban J connectivity index is 1.74. The van der Waals surface area contributed by atoms with Gasteiger partial charge in [-0.2, -0.15) is 0 Å². The third-order valence-corrected chi connectivity index (χ3v) is 6.82. The Kier molecular flexibility index (Phi) is 6.10. The number of hydrogen-bond acceptors (Lipinski definition) is 4. The first-order valence-electron chi connectivity index (χ1n) is 11.1. The molecule has 1 atom stereocenters. The second-order valence-corrected chi connectivity index (χ2v) is 10.5. The predicted octanol–water partition coefficient (Wildman–Crippen LogP) is 5.67. The molecule has 2 aromatic rings. The molecule has 0 radical (unpaired) electrons. The zero-order valence-electron chi connectivity index (χ0n) is 19.5. The van der Waals surface area contributed by atoms with Gasteiger partial charge in [-0.25, -0.2) is 0 Å². The number of nitrogens with one attached hydrogen (secondary N) is 1. The lowest BCUT2D eigenvalue weighted by atomic mass is 9.78. The molecule has 2 amide bonds. The molecule has 7 heteroatoms. The van der Waals surface area contributed by atoms with E-state index in [1.807, 2.05) is 6.07 Å². The molecule has 1 N–H and O–H groups in total. The summed E-state index contributed by atoms with van der Waals surface area (Å²) in [5, 5.41) is 3.15. The molecule has 0 aliphatic carbocycles. The second-order valence-electron chi connectivity index (χ2n) is 9.64. The van der Waals surface area contributed by atoms with Crippen molar-refractivity contribution in [1.82, 2.24) is 5.32 Å². The van der Waals surface area contributed by atoms with Crippen molar-refractivity contribution in [3.63, 3.8) is 0 Å². The van der Waals surface area contributed by atoms with E-state index in [1.54, 1.807) is 30.3 Å². The lowest BCUT2D eigenvalue weighted by Gasteiger charge is -2.50. The lowest BCUT2D eigenvalue weighted by Crippen LogP contribution is -2.54. The number of hydrogen-bond donors (Lipinski definition) is 1. The first kappa shape index (κ1) is 23.5. The van der Waals surface area contributed by atoms with Gasteiger partial charge in [0.1, 0.15) is 5.57 Å². The Labute approximate surface area is 205 Å². The van der Waals surface area contributed by atoms with E-state index < -0.39 is 11.8 Å². The summed E-state index contributed by atoms with van der Waals surface area (Å²) < 4.78 is 0. The van der Waals surface area contributed by atoms with Gasteiger partial charge in [-0.15, -0.1) is 0 Å². The van der Waals surface area contributed by atoms with Crippen molar-refractivity contribution in [2.75, 3.05) is 9.80 Å². The summed E-state index contributed by atoms with van der Waals surface area (Å²) in [6.45, 7) is 11.2. The van der Waals surface area contributed by atoms with E-state index in [0.29, 0.717) is 22.7 Å². The average Bonchev–Trinajstić information content (AvgIpc) is 2.70. The number of rotatable bonds is 3. The summed E-state index contributed by atoms with van der Waals surface area (Å²) in [7, 11) is 0. The third-order valence-electron chi connectivity index (χ3n) is 6.30. The van der Waals surface area contributed by atoms with Gasteiger partial charge in [0.05, 0.1) is 5.69 Å². The Morgan fingerprint density at radius 3 is 2.58 bits per heavy atom. The number of nitrogens with zero attached hydrogens (tertiary/aromatic N) is 2. The summed E-state index contributed by atoms with van der Waals surface area (Å²) in [6, 6.07) is 13.3. The molecule has 2 aliphatic heterocycles. The molecule has 1 saturated heterocycles. The molecule has 1 unspecified atom stereocenters. The maximum Gasteiger partial charge on any atom is 0.270 e. The molecule has 172 valence electrons. The smallest absolute Gasteiger partial charge is 0.270 e. The molecule has 2 aromatic carbocycles. The number of halogens is 1. The van der Waals surface area contributed by atoms with Crippen molar-refractivity contribution in [3.05, 3.63) is 64.2 Å². The van der Waals surface area contributed by atoms with Gasteiger partial charge >= 0.3 is 0 Å². The molecule has 1 fully saturated rings. The number of thiocarbonyl (C=S) groups is 1. The van der Waals surface area contributed by atoms with Crippen LogP contribution in [0.25, 0.3) is 6.08 Å². The Morgan fingerprint density at radius 2 is 1.91 bits per heavy atom. The minimum atomic E-state index is -0.501. The molecule has 0 saturated carbocycles. The van der Waals surface area contributed by atoms with Gasteiger partial charge in [0, 0.05) is 22.3 Å². The van der Waals surface area contributed by atoms with Gasteiger partial charge in [0.15, 0.2) is 5.11 Å². The number of fused-ring (bicyclic) bond motifs is 1. The highest BCUT2D eigenvalue weighted by Gasteiger charge is 2.38. The van der Waals surface area contributed by atoms with Crippen LogP contribution >= 0.6 is 23.8 Å². The molecule has 4 rings (SSSR count). The van der Waals surface area contributed by atoms with Crippen molar-refractivity contribution < 1.29 is 9.59 Å². The highest BCUT2D eigenvalue weighted by atomic mass is 35.5. The second kappa shape index (κ2) is 8.58. The van der Waals surface area contributed by atoms with Crippen LogP contribution in [-0.4, -0.2) is 28.5 Å². The van der Waals surface area contributed by atoms with E-state index >= 15 is 0 Å². The molecule has 0 bridgehead atoms. The van der Waals surface area contributed by atoms with Gasteiger partial charge < -0.3 is 4.90 Å². The minimum Gasteiger partial charge on any atom is -0.364 e. The number of anilines is 2. The number of carbonyl (C=O) groups excluding carboxylic acids is 2. The zero-order valence-corrected chi connectivity index (χ0v) is 21.1. The summed E-state index contributed by atoms with van der Waals surface area (Å²) >= 11 is 11.4. The average molecular weight is 482 g/mol. The van der Waals surface area contributed by atoms with Crippen LogP contribution in [0.2, 0.25) is 5.02 Å². The summed E-state index contributed by atoms with van der Waals surface area (Å²) in [5.74, 6) is -0.615. The summed E-state index contributed by atoms with van der Waals surface area (Å²) in [6.07, 6.45) is 2.66. The van der Waals surface area contributed by atoms with Crippen LogP contribution in [-0.2, 0) is 9.59 Å². The minimum absolute atomic E-state index is 0.0352. The van der Waals surface area contributed by atoms with Crippen LogP contribution in [0.5, 0.6) is 0 Å². The first-order valence-corrected chi connectivity index (χ1v) is 11.9. The van der Waals surface area contributed by atoms with E-state index in [2.05, 4.69) is 57.0 Å². The Hall–Kier alpha value is -2.70. The van der Waals surface area contributed by atoms with Crippen LogP contribution in [0.1, 0.15) is 58.1 Å². The zero-order chi connectivity index (χ0) is 24.1. The molecular weight excluding hydrogens is 454 g/mol. The van der Waals surface area contributed by atoms with E-state index in [4.69, 9.17) is 23.8 Å². The topological polar surface area (TPSA) is 52.7 Å². The Morgan fingerprint density at radius 1 is 1.18 bits per heavy atom. The summed E-state index contributed by atoms with van der Waals surface area (Å²) in [4.78, 5) is 29.8. The standard InChI is InChI=1S/C26H28ClN3O2S/c1-15(2)30-22-10-9-17(11-20(22)16(3)14-26(30,4)5)12-21-23(31)28-25(33)29(24(21)32)19-8-6-7-18(27)13-19/h6-13,15-16H,14H2,1-5H3,(H,28,31,33)/b21-12+. The maximum atomic E-state index is 13.3. The molecular formula is C26H28ClN3O2S. The van der Waals surface area contributed by atoms with Gasteiger partial charge in [-0.1, -0.05) is 30.7 Å². The fourth-order valence-corrected chi connectivity index (χ4v) is 5.68. The Bertz CT molecular complexity index is 1190. The largest absolute Gasteiger partial charge is 0.364 e. The van der Waals surface area contributed by atoms with E-state index in [0.717, 1.165) is 12.0 Å². The van der Waals surface area contributed by atoms with Crippen molar-refractivity contribution in [2.45, 2.75) is 58.5 Å². The molecule has 2 heterocycles. The SMILES string of the molecule is CC1CC(C)(C)N(C(C)C)c2ccc(/C=C3\C(=O)NC(=S)N(c4cccc(Cl)c4)C3=O)cc21. The van der Waals surface area contributed by atoms with Gasteiger partial charge in [-0.3, -0.25) is 19.8 Å². The number of benzene rings is 2. The van der Waals surface area contributed by atoms with Gasteiger partial charge in [0.25, 0.3) is 11.8 Å². The fourth-order valence-electron chi connectivity index (χ4n) is 5.21. The maximum absolute atomic E-state index is 13.3. The normalized spacial score (nSPS) is 21.5. The van der Waals surface area contributed by atoms with Crippen LogP contribution < -0.4 is 15.1 Å². The van der Waals surface area contributed by atoms with Crippen molar-refractivity contribution in [3.8, 4) is 0 Å². The van der Waals surface area contributed by atoms with E-state index in [-0.39, 0.29) is 16.2 Å². The first-order chi connectivity index (χ1) is 15.5. The van der Waals surface area contributed by atoms with Crippen molar-refractivity contribution in [1.29, 1.82) is 0 Å². The molecule has 2 aliphatic rings. The molecule has 0 spiro atoms. The number of amides is 2. The highest BCUT2D eigenvalue weighted by molar-refractivity contribution is 7.80. The predicted molar refractivity (Wildman–Crippen MR) is 139 cm³/mol. The van der Waals surface area contributed by atoms with Crippen molar-refractivity contribution >= 4 is 58.2 Å². The number of carbonyl (C=O) groups is 2. The van der Waals surface area contributed by atoms with E-state index in [1.165, 1.54) is 16.2 Å². The molecule has 5 nitrogen and oxygen atoms in total.